The average molecular weight is 479 g/mol. The van der Waals surface area contributed by atoms with E-state index in [2.05, 4.69) is 68.1 Å². The smallest absolute Gasteiger partial charge is 0.255 e. The van der Waals surface area contributed by atoms with Crippen LogP contribution in [0.25, 0.3) is 0 Å². The SMILES string of the molecule is COc1ccccc1C(=O)NC(CO[Si](C)(C)C(C)(C)C)c1ccc(Br)cc1C. The molecule has 0 fully saturated rings. The summed E-state index contributed by atoms with van der Waals surface area (Å²) in [6.07, 6.45) is 0. The van der Waals surface area contributed by atoms with Crippen LogP contribution in [0.15, 0.2) is 46.9 Å². The Labute approximate surface area is 184 Å². The van der Waals surface area contributed by atoms with Gasteiger partial charge >= 0.3 is 0 Å². The third-order valence-electron chi connectivity index (χ3n) is 5.68. The number of halogens is 1. The van der Waals surface area contributed by atoms with Gasteiger partial charge in [0, 0.05) is 4.47 Å². The molecular formula is C23H32BrNO3Si. The van der Waals surface area contributed by atoms with Gasteiger partial charge in [-0.15, -0.1) is 0 Å². The Morgan fingerprint density at radius 3 is 2.41 bits per heavy atom. The van der Waals surface area contributed by atoms with Crippen LogP contribution in [0.5, 0.6) is 5.75 Å². The lowest BCUT2D eigenvalue weighted by Gasteiger charge is -2.37. The zero-order valence-corrected chi connectivity index (χ0v) is 21.0. The van der Waals surface area contributed by atoms with E-state index in [1.54, 1.807) is 19.2 Å². The van der Waals surface area contributed by atoms with Gasteiger partial charge in [-0.25, -0.2) is 0 Å². The van der Waals surface area contributed by atoms with Crippen molar-refractivity contribution in [2.24, 2.45) is 0 Å². The zero-order valence-electron chi connectivity index (χ0n) is 18.4. The van der Waals surface area contributed by atoms with Gasteiger partial charge in [0.1, 0.15) is 5.75 Å². The number of nitrogens with one attached hydrogen (secondary N) is 1. The Kier molecular flexibility index (Phi) is 7.71. The van der Waals surface area contributed by atoms with Crippen LogP contribution in [-0.4, -0.2) is 27.9 Å². The van der Waals surface area contributed by atoms with E-state index in [-0.39, 0.29) is 17.0 Å². The predicted molar refractivity (Wildman–Crippen MR) is 125 cm³/mol. The molecule has 2 rings (SSSR count). The van der Waals surface area contributed by atoms with Crippen molar-refractivity contribution in [1.29, 1.82) is 0 Å². The molecule has 0 radical (unpaired) electrons. The van der Waals surface area contributed by atoms with Crippen LogP contribution >= 0.6 is 15.9 Å². The molecule has 0 saturated heterocycles. The topological polar surface area (TPSA) is 47.6 Å². The Morgan fingerprint density at radius 2 is 1.83 bits per heavy atom. The summed E-state index contributed by atoms with van der Waals surface area (Å²) in [6.45, 7) is 13.6. The monoisotopic (exact) mass is 477 g/mol. The maximum absolute atomic E-state index is 13.1. The molecular weight excluding hydrogens is 446 g/mol. The van der Waals surface area contributed by atoms with Gasteiger partial charge in [-0.2, -0.15) is 0 Å². The second-order valence-electron chi connectivity index (χ2n) is 8.80. The third kappa shape index (κ3) is 5.93. The molecule has 0 aliphatic heterocycles. The van der Waals surface area contributed by atoms with E-state index in [1.165, 1.54) is 0 Å². The molecule has 0 saturated carbocycles. The Hall–Kier alpha value is -1.63. The summed E-state index contributed by atoms with van der Waals surface area (Å²) in [7, 11) is -0.390. The third-order valence-corrected chi connectivity index (χ3v) is 10.7. The minimum Gasteiger partial charge on any atom is -0.496 e. The van der Waals surface area contributed by atoms with E-state index in [0.717, 1.165) is 15.6 Å². The van der Waals surface area contributed by atoms with E-state index < -0.39 is 8.32 Å². The van der Waals surface area contributed by atoms with Crippen LogP contribution in [0.2, 0.25) is 18.1 Å². The highest BCUT2D eigenvalue weighted by atomic mass is 79.9. The molecule has 1 atom stereocenters. The van der Waals surface area contributed by atoms with E-state index >= 15 is 0 Å². The average Bonchev–Trinajstić information content (AvgIpc) is 2.64. The van der Waals surface area contributed by atoms with Gasteiger partial charge < -0.3 is 14.5 Å². The molecule has 4 nitrogen and oxygen atoms in total. The van der Waals surface area contributed by atoms with Gasteiger partial charge in [0.2, 0.25) is 0 Å². The number of ether oxygens (including phenoxy) is 1. The molecule has 6 heteroatoms. The van der Waals surface area contributed by atoms with Crippen LogP contribution in [0.4, 0.5) is 0 Å². The normalized spacial score (nSPS) is 13.1. The van der Waals surface area contributed by atoms with Crippen LogP contribution < -0.4 is 10.1 Å². The van der Waals surface area contributed by atoms with Crippen LogP contribution in [0.1, 0.15) is 48.3 Å². The molecule has 0 aliphatic carbocycles. The summed E-state index contributed by atoms with van der Waals surface area (Å²) in [5.74, 6) is 0.384. The molecule has 2 aromatic carbocycles. The summed E-state index contributed by atoms with van der Waals surface area (Å²) in [6, 6.07) is 13.1. The van der Waals surface area contributed by atoms with Gasteiger partial charge in [0.15, 0.2) is 8.32 Å². The first-order valence-corrected chi connectivity index (χ1v) is 13.5. The Morgan fingerprint density at radius 1 is 1.17 bits per heavy atom. The fraction of sp³-hybridized carbons (Fsp3) is 0.435. The van der Waals surface area contributed by atoms with E-state index in [9.17, 15) is 4.79 Å². The van der Waals surface area contributed by atoms with Crippen molar-refractivity contribution in [2.75, 3.05) is 13.7 Å². The number of para-hydroxylation sites is 1. The molecule has 2 aromatic rings. The van der Waals surface area contributed by atoms with Gasteiger partial charge in [-0.3, -0.25) is 4.79 Å². The van der Waals surface area contributed by atoms with Crippen LogP contribution in [0, 0.1) is 6.92 Å². The van der Waals surface area contributed by atoms with Crippen LogP contribution in [-0.2, 0) is 4.43 Å². The summed E-state index contributed by atoms with van der Waals surface area (Å²) >= 11 is 3.52. The lowest BCUT2D eigenvalue weighted by atomic mass is 10.0. The lowest BCUT2D eigenvalue weighted by molar-refractivity contribution is 0.0915. The first-order chi connectivity index (χ1) is 13.5. The van der Waals surface area contributed by atoms with Crippen molar-refractivity contribution >= 4 is 30.2 Å². The number of carbonyl (C=O) groups is 1. The first-order valence-electron chi connectivity index (χ1n) is 9.80. The molecule has 1 unspecified atom stereocenters. The number of hydrogen-bond donors (Lipinski definition) is 1. The Balaban J connectivity index is 2.33. The highest BCUT2D eigenvalue weighted by molar-refractivity contribution is 9.10. The number of aryl methyl sites for hydroxylation is 1. The van der Waals surface area contributed by atoms with E-state index in [4.69, 9.17) is 9.16 Å². The molecule has 0 aliphatic rings. The predicted octanol–water partition coefficient (Wildman–Crippen LogP) is 6.26. The molecule has 0 bridgehead atoms. The van der Waals surface area contributed by atoms with Crippen molar-refractivity contribution < 1.29 is 14.0 Å². The van der Waals surface area contributed by atoms with Crippen molar-refractivity contribution in [3.05, 3.63) is 63.6 Å². The Bertz CT molecular complexity index is 861. The maximum Gasteiger partial charge on any atom is 0.255 e. The number of carbonyl (C=O) groups excluding carboxylic acids is 1. The molecule has 158 valence electrons. The molecule has 0 heterocycles. The molecule has 29 heavy (non-hydrogen) atoms. The minimum absolute atomic E-state index is 0.0962. The summed E-state index contributed by atoms with van der Waals surface area (Å²) in [5, 5.41) is 3.27. The number of hydrogen-bond acceptors (Lipinski definition) is 3. The highest BCUT2D eigenvalue weighted by Crippen LogP contribution is 2.37. The van der Waals surface area contributed by atoms with Crippen molar-refractivity contribution in [3.8, 4) is 5.75 Å². The molecule has 1 amide bonds. The fourth-order valence-electron chi connectivity index (χ4n) is 2.82. The quantitative estimate of drug-likeness (QED) is 0.478. The standard InChI is InChI=1S/C23H32BrNO3Si/c1-16-14-17(24)12-13-18(16)20(15-28-29(6,7)23(2,3)4)25-22(26)19-10-8-9-11-21(19)27-5/h8-14,20H,15H2,1-7H3,(H,25,26). The number of amides is 1. The van der Waals surface area contributed by atoms with Gasteiger partial charge in [0.05, 0.1) is 25.3 Å². The highest BCUT2D eigenvalue weighted by Gasteiger charge is 2.38. The minimum atomic E-state index is -1.96. The van der Waals surface area contributed by atoms with Crippen LogP contribution in [0.3, 0.4) is 0 Å². The summed E-state index contributed by atoms with van der Waals surface area (Å²) in [5.41, 5.74) is 2.67. The molecule has 0 aromatic heterocycles. The summed E-state index contributed by atoms with van der Waals surface area (Å²) in [4.78, 5) is 13.1. The number of benzene rings is 2. The summed E-state index contributed by atoms with van der Waals surface area (Å²) < 4.78 is 12.8. The van der Waals surface area contributed by atoms with Crippen molar-refractivity contribution in [3.63, 3.8) is 0 Å². The molecule has 1 N–H and O–H groups in total. The van der Waals surface area contributed by atoms with E-state index in [0.29, 0.717) is 17.9 Å². The fourth-order valence-corrected chi connectivity index (χ4v) is 4.31. The second kappa shape index (κ2) is 9.45. The largest absolute Gasteiger partial charge is 0.496 e. The maximum atomic E-state index is 13.1. The van der Waals surface area contributed by atoms with Gasteiger partial charge in [-0.05, 0) is 60.4 Å². The zero-order chi connectivity index (χ0) is 21.8. The van der Waals surface area contributed by atoms with E-state index in [1.807, 2.05) is 24.3 Å². The number of methoxy groups -OCH3 is 1. The van der Waals surface area contributed by atoms with Crippen molar-refractivity contribution in [1.82, 2.24) is 5.32 Å². The lowest BCUT2D eigenvalue weighted by Crippen LogP contribution is -2.43. The van der Waals surface area contributed by atoms with Gasteiger partial charge in [-0.1, -0.05) is 54.9 Å². The first kappa shape index (κ1) is 23.6. The van der Waals surface area contributed by atoms with Gasteiger partial charge in [0.25, 0.3) is 5.91 Å². The molecule has 0 spiro atoms. The van der Waals surface area contributed by atoms with Crippen molar-refractivity contribution in [2.45, 2.75) is 51.9 Å². The second-order valence-corrected chi connectivity index (χ2v) is 14.5. The number of rotatable bonds is 7.